The van der Waals surface area contributed by atoms with Gasteiger partial charge < -0.3 is 9.64 Å². The molecule has 1 heterocycles. The normalized spacial score (nSPS) is 15.2. The topological polar surface area (TPSA) is 79.0 Å². The van der Waals surface area contributed by atoms with Crippen molar-refractivity contribution in [2.24, 2.45) is 0 Å². The van der Waals surface area contributed by atoms with Gasteiger partial charge in [-0.2, -0.15) is 5.01 Å². The minimum absolute atomic E-state index is 0.0798. The third-order valence-corrected chi connectivity index (χ3v) is 2.86. The number of hydrazine groups is 1. The number of amides is 4. The molecule has 7 nitrogen and oxygen atoms in total. The lowest BCUT2D eigenvalue weighted by molar-refractivity contribution is -0.127. The van der Waals surface area contributed by atoms with Crippen LogP contribution >= 0.6 is 0 Å². The summed E-state index contributed by atoms with van der Waals surface area (Å²) in [5, 5.41) is 0.691. The number of ether oxygens (including phenoxy) is 1. The molecule has 0 aromatic heterocycles. The second-order valence-corrected chi connectivity index (χ2v) is 5.97. The highest BCUT2D eigenvalue weighted by molar-refractivity contribution is 6.02. The standard InChI is InChI=1S/C15H19N3O4/c1-15(2,3)22-13(20)16-18-12(19)10-17(14(18)21)9-11-7-5-4-6-8-11/h4-8H,9-10H2,1-3H3,(H,16,20). The van der Waals surface area contributed by atoms with Gasteiger partial charge in [0.2, 0.25) is 0 Å². The highest BCUT2D eigenvalue weighted by Crippen LogP contribution is 2.14. The quantitative estimate of drug-likeness (QED) is 0.865. The molecule has 0 bridgehead atoms. The van der Waals surface area contributed by atoms with Gasteiger partial charge in [0.1, 0.15) is 12.1 Å². The van der Waals surface area contributed by atoms with Crippen molar-refractivity contribution in [3.05, 3.63) is 35.9 Å². The lowest BCUT2D eigenvalue weighted by atomic mass is 10.2. The number of nitrogens with one attached hydrogen (secondary N) is 1. The van der Waals surface area contributed by atoms with E-state index >= 15 is 0 Å². The maximum absolute atomic E-state index is 12.2. The number of urea groups is 1. The minimum atomic E-state index is -0.837. The maximum Gasteiger partial charge on any atom is 0.427 e. The molecule has 0 atom stereocenters. The van der Waals surface area contributed by atoms with Crippen LogP contribution in [0.25, 0.3) is 0 Å². The van der Waals surface area contributed by atoms with Gasteiger partial charge in [0, 0.05) is 6.54 Å². The molecule has 0 spiro atoms. The molecule has 0 aliphatic carbocycles. The first-order valence-corrected chi connectivity index (χ1v) is 6.92. The van der Waals surface area contributed by atoms with Crippen LogP contribution in [0.4, 0.5) is 9.59 Å². The SMILES string of the molecule is CC(C)(C)OC(=O)NN1C(=O)CN(Cc2ccccc2)C1=O. The van der Waals surface area contributed by atoms with Crippen molar-refractivity contribution >= 4 is 18.0 Å². The van der Waals surface area contributed by atoms with E-state index in [0.717, 1.165) is 5.56 Å². The molecule has 2 rings (SSSR count). The third kappa shape index (κ3) is 3.97. The van der Waals surface area contributed by atoms with Crippen molar-refractivity contribution in [1.82, 2.24) is 15.3 Å². The molecule has 1 fully saturated rings. The van der Waals surface area contributed by atoms with Crippen molar-refractivity contribution in [3.8, 4) is 0 Å². The molecule has 0 unspecified atom stereocenters. The molecule has 1 N–H and O–H groups in total. The van der Waals surface area contributed by atoms with Gasteiger partial charge in [-0.3, -0.25) is 4.79 Å². The molecule has 118 valence electrons. The van der Waals surface area contributed by atoms with Gasteiger partial charge in [0.15, 0.2) is 0 Å². The van der Waals surface area contributed by atoms with Gasteiger partial charge in [-0.15, -0.1) is 0 Å². The lowest BCUT2D eigenvalue weighted by Crippen LogP contribution is -2.48. The van der Waals surface area contributed by atoms with E-state index in [1.54, 1.807) is 20.8 Å². The van der Waals surface area contributed by atoms with E-state index in [1.165, 1.54) is 4.90 Å². The Bertz CT molecular complexity index is 580. The second kappa shape index (κ2) is 6.05. The molecule has 7 heteroatoms. The van der Waals surface area contributed by atoms with Gasteiger partial charge in [0.05, 0.1) is 0 Å². The monoisotopic (exact) mass is 305 g/mol. The average Bonchev–Trinajstić information content (AvgIpc) is 2.66. The number of nitrogens with zero attached hydrogens (tertiary/aromatic N) is 2. The molecular formula is C15H19N3O4. The third-order valence-electron chi connectivity index (χ3n) is 2.86. The van der Waals surface area contributed by atoms with E-state index in [4.69, 9.17) is 4.74 Å². The van der Waals surface area contributed by atoms with E-state index in [2.05, 4.69) is 5.43 Å². The molecule has 1 aliphatic heterocycles. The highest BCUT2D eigenvalue weighted by Gasteiger charge is 2.38. The van der Waals surface area contributed by atoms with Gasteiger partial charge in [-0.1, -0.05) is 30.3 Å². The van der Waals surface area contributed by atoms with E-state index in [9.17, 15) is 14.4 Å². The van der Waals surface area contributed by atoms with Crippen LogP contribution in [0, 0.1) is 0 Å². The second-order valence-electron chi connectivity index (χ2n) is 5.97. The number of rotatable bonds is 3. The van der Waals surface area contributed by atoms with E-state index in [-0.39, 0.29) is 6.54 Å². The summed E-state index contributed by atoms with van der Waals surface area (Å²) in [5.74, 6) is -0.494. The molecule has 1 aromatic carbocycles. The summed E-state index contributed by atoms with van der Waals surface area (Å²) in [6, 6.07) is 8.74. The number of carbonyl (C=O) groups excluding carboxylic acids is 3. The fourth-order valence-electron chi connectivity index (χ4n) is 1.98. The summed E-state index contributed by atoms with van der Waals surface area (Å²) in [6.07, 6.45) is -0.837. The molecule has 0 saturated carbocycles. The Morgan fingerprint density at radius 1 is 1.23 bits per heavy atom. The lowest BCUT2D eigenvalue weighted by Gasteiger charge is -2.22. The maximum atomic E-state index is 12.2. The molecule has 4 amide bonds. The largest absolute Gasteiger partial charge is 0.443 e. The zero-order valence-corrected chi connectivity index (χ0v) is 12.8. The highest BCUT2D eigenvalue weighted by atomic mass is 16.6. The molecule has 22 heavy (non-hydrogen) atoms. The zero-order chi connectivity index (χ0) is 16.3. The molecule has 0 radical (unpaired) electrons. The van der Waals surface area contributed by atoms with Crippen LogP contribution in [0.15, 0.2) is 30.3 Å². The number of carbonyl (C=O) groups is 3. The summed E-state index contributed by atoms with van der Waals surface area (Å²) in [6.45, 7) is 5.31. The van der Waals surface area contributed by atoms with Gasteiger partial charge >= 0.3 is 12.1 Å². The Labute approximate surface area is 128 Å². The minimum Gasteiger partial charge on any atom is -0.443 e. The molecule has 1 aliphatic rings. The molecule has 1 aromatic rings. The van der Waals surface area contributed by atoms with Crippen LogP contribution in [-0.4, -0.2) is 40.1 Å². The summed E-state index contributed by atoms with van der Waals surface area (Å²) in [4.78, 5) is 37.1. The number of imide groups is 1. The number of hydrogen-bond acceptors (Lipinski definition) is 4. The first-order chi connectivity index (χ1) is 10.3. The van der Waals surface area contributed by atoms with Gasteiger partial charge in [-0.25, -0.2) is 15.0 Å². The van der Waals surface area contributed by atoms with Crippen molar-refractivity contribution in [1.29, 1.82) is 0 Å². The summed E-state index contributed by atoms with van der Waals surface area (Å²) < 4.78 is 5.04. The smallest absolute Gasteiger partial charge is 0.427 e. The van der Waals surface area contributed by atoms with Crippen LogP contribution < -0.4 is 5.43 Å². The van der Waals surface area contributed by atoms with E-state index < -0.39 is 23.6 Å². The predicted molar refractivity (Wildman–Crippen MR) is 78.5 cm³/mol. The first-order valence-electron chi connectivity index (χ1n) is 6.92. The predicted octanol–water partition coefficient (Wildman–Crippen LogP) is 1.89. The summed E-state index contributed by atoms with van der Waals surface area (Å²) >= 11 is 0. The van der Waals surface area contributed by atoms with Crippen molar-refractivity contribution in [3.63, 3.8) is 0 Å². The summed E-state index contributed by atoms with van der Waals surface area (Å²) in [7, 11) is 0. The Kier molecular flexibility index (Phi) is 4.35. The fourth-order valence-corrected chi connectivity index (χ4v) is 1.98. The van der Waals surface area contributed by atoms with E-state index in [0.29, 0.717) is 11.6 Å². The van der Waals surface area contributed by atoms with Crippen LogP contribution in [0.2, 0.25) is 0 Å². The Hall–Kier alpha value is -2.57. The zero-order valence-electron chi connectivity index (χ0n) is 12.8. The van der Waals surface area contributed by atoms with Crippen molar-refractivity contribution < 1.29 is 19.1 Å². The number of benzene rings is 1. The van der Waals surface area contributed by atoms with Crippen LogP contribution in [0.5, 0.6) is 0 Å². The molecule has 1 saturated heterocycles. The van der Waals surface area contributed by atoms with Crippen molar-refractivity contribution in [2.75, 3.05) is 6.54 Å². The Morgan fingerprint density at radius 3 is 2.45 bits per heavy atom. The number of hydrogen-bond donors (Lipinski definition) is 1. The first kappa shape index (κ1) is 15.8. The summed E-state index contributed by atoms with van der Waals surface area (Å²) in [5.41, 5.74) is 2.38. The molecular weight excluding hydrogens is 286 g/mol. The van der Waals surface area contributed by atoms with E-state index in [1.807, 2.05) is 30.3 Å². The van der Waals surface area contributed by atoms with Gasteiger partial charge in [0.25, 0.3) is 5.91 Å². The van der Waals surface area contributed by atoms with Crippen molar-refractivity contribution in [2.45, 2.75) is 32.9 Å². The fraction of sp³-hybridized carbons (Fsp3) is 0.400. The van der Waals surface area contributed by atoms with Crippen LogP contribution in [0.1, 0.15) is 26.3 Å². The Balaban J connectivity index is 1.98. The average molecular weight is 305 g/mol. The van der Waals surface area contributed by atoms with Crippen LogP contribution in [0.3, 0.4) is 0 Å². The van der Waals surface area contributed by atoms with Gasteiger partial charge in [-0.05, 0) is 26.3 Å². The van der Waals surface area contributed by atoms with Crippen LogP contribution in [-0.2, 0) is 16.1 Å². The Morgan fingerprint density at radius 2 is 1.86 bits per heavy atom.